The van der Waals surface area contributed by atoms with Crippen LogP contribution in [-0.4, -0.2) is 75.5 Å². The number of carbonyl (C=O) groups is 3. The molecule has 0 aliphatic rings. The van der Waals surface area contributed by atoms with E-state index >= 15 is 0 Å². The number of rotatable bonds is 49. The predicted octanol–water partition coefficient (Wildman–Crippen LogP) is 14.3. The molecule has 0 aromatic carbocycles. The van der Waals surface area contributed by atoms with E-state index in [0.717, 1.165) is 51.4 Å². The number of hydrogen-bond donors (Lipinski definition) is 0. The number of ether oxygens (including phenoxy) is 3. The van der Waals surface area contributed by atoms with Crippen LogP contribution in [-0.2, 0) is 28.6 Å². The summed E-state index contributed by atoms with van der Waals surface area (Å²) in [5.74, 6) is -1.73. The zero-order valence-corrected chi connectivity index (χ0v) is 42.3. The Hall–Kier alpha value is -2.19. The van der Waals surface area contributed by atoms with Gasteiger partial charge in [0.1, 0.15) is 12.6 Å². The number of unbranched alkanes of at least 4 members (excludes halogenated alkanes) is 31. The number of quaternary nitrogens is 1. The van der Waals surface area contributed by atoms with Crippen LogP contribution >= 0.6 is 0 Å². The van der Waals surface area contributed by atoms with Crippen molar-refractivity contribution in [3.05, 3.63) is 24.3 Å². The highest BCUT2D eigenvalue weighted by Crippen LogP contribution is 2.17. The summed E-state index contributed by atoms with van der Waals surface area (Å²) >= 11 is 0. The fraction of sp³-hybridized carbons (Fsp3) is 0.873. The van der Waals surface area contributed by atoms with Gasteiger partial charge in [-0.2, -0.15) is 0 Å². The summed E-state index contributed by atoms with van der Waals surface area (Å²) in [5, 5.41) is 11.7. The van der Waals surface area contributed by atoms with Crippen LogP contribution in [0.15, 0.2) is 24.3 Å². The fourth-order valence-corrected chi connectivity index (χ4v) is 8.16. The standard InChI is InChI=1S/C55H103NO7/c1-6-8-10-12-14-16-18-20-22-24-25-26-27-28-30-31-33-35-37-39-41-43-45-53(57)62-50-51(49-61-48-47-52(55(59)60)56(3,4)5)63-54(58)46-44-42-40-38-36-34-32-29-23-21-19-17-15-13-11-9-7-2/h15,17,21,23,51-52H,6-14,16,18-20,22,24-50H2,1-5H3/b17-15+,23-21+. The first-order valence-corrected chi connectivity index (χ1v) is 26.9. The molecule has 0 rings (SSSR count). The fourth-order valence-electron chi connectivity index (χ4n) is 8.16. The third kappa shape index (κ3) is 44.8. The SMILES string of the molecule is CCCCC/C=C/C/C=C/CCCCCCCCCC(=O)OC(COCCC(C(=O)[O-])[N+](C)(C)C)COC(=O)CCCCCCCCCCCCCCCCCCCCCCCC. The Morgan fingerprint density at radius 3 is 1.25 bits per heavy atom. The largest absolute Gasteiger partial charge is 0.544 e. The first-order chi connectivity index (χ1) is 30.6. The normalized spacial score (nSPS) is 13.0. The molecule has 0 N–H and O–H groups in total. The molecule has 8 heteroatoms. The highest BCUT2D eigenvalue weighted by atomic mass is 16.6. The van der Waals surface area contributed by atoms with E-state index in [0.29, 0.717) is 12.8 Å². The van der Waals surface area contributed by atoms with Crippen molar-refractivity contribution in [1.82, 2.24) is 0 Å². The zero-order valence-electron chi connectivity index (χ0n) is 42.3. The number of allylic oxidation sites excluding steroid dienone is 4. The van der Waals surface area contributed by atoms with Crippen molar-refractivity contribution < 1.29 is 38.2 Å². The molecule has 0 aliphatic heterocycles. The molecule has 2 atom stereocenters. The van der Waals surface area contributed by atoms with Crippen LogP contribution in [0.25, 0.3) is 0 Å². The van der Waals surface area contributed by atoms with Crippen molar-refractivity contribution >= 4 is 17.9 Å². The van der Waals surface area contributed by atoms with E-state index in [1.807, 2.05) is 21.1 Å². The van der Waals surface area contributed by atoms with Gasteiger partial charge in [-0.1, -0.05) is 218 Å². The molecule has 0 saturated carbocycles. The third-order valence-electron chi connectivity index (χ3n) is 12.3. The highest BCUT2D eigenvalue weighted by molar-refractivity contribution is 5.70. The molecule has 63 heavy (non-hydrogen) atoms. The lowest BCUT2D eigenvalue weighted by atomic mass is 10.0. The van der Waals surface area contributed by atoms with Gasteiger partial charge in [-0.3, -0.25) is 9.59 Å². The lowest BCUT2D eigenvalue weighted by Gasteiger charge is -2.34. The van der Waals surface area contributed by atoms with Gasteiger partial charge >= 0.3 is 11.9 Å². The van der Waals surface area contributed by atoms with Gasteiger partial charge in [-0.15, -0.1) is 0 Å². The van der Waals surface area contributed by atoms with Crippen LogP contribution < -0.4 is 5.11 Å². The minimum atomic E-state index is -1.12. The maximum atomic E-state index is 12.8. The molecular formula is C55H103NO7. The summed E-state index contributed by atoms with van der Waals surface area (Å²) in [5.41, 5.74) is 0. The molecule has 0 aromatic rings. The highest BCUT2D eigenvalue weighted by Gasteiger charge is 2.25. The second-order valence-electron chi connectivity index (χ2n) is 19.5. The second-order valence-corrected chi connectivity index (χ2v) is 19.5. The molecule has 0 bridgehead atoms. The van der Waals surface area contributed by atoms with Gasteiger partial charge in [0.25, 0.3) is 0 Å². The minimum absolute atomic E-state index is 0.0419. The van der Waals surface area contributed by atoms with E-state index < -0.39 is 18.1 Å². The Morgan fingerprint density at radius 1 is 0.476 bits per heavy atom. The number of carboxylic acid groups (broad SMARTS) is 1. The van der Waals surface area contributed by atoms with Gasteiger partial charge in [-0.25, -0.2) is 0 Å². The molecule has 0 heterocycles. The number of esters is 2. The number of carboxylic acids is 1. The van der Waals surface area contributed by atoms with Gasteiger partial charge < -0.3 is 28.6 Å². The van der Waals surface area contributed by atoms with E-state index in [1.165, 1.54) is 173 Å². The van der Waals surface area contributed by atoms with Crippen LogP contribution in [0.2, 0.25) is 0 Å². The minimum Gasteiger partial charge on any atom is -0.544 e. The van der Waals surface area contributed by atoms with Gasteiger partial charge in [0, 0.05) is 19.3 Å². The third-order valence-corrected chi connectivity index (χ3v) is 12.3. The Bertz CT molecular complexity index is 1080. The molecule has 0 saturated heterocycles. The van der Waals surface area contributed by atoms with E-state index in [4.69, 9.17) is 14.2 Å². The van der Waals surface area contributed by atoms with E-state index in [2.05, 4.69) is 38.2 Å². The van der Waals surface area contributed by atoms with Crippen molar-refractivity contribution in [2.24, 2.45) is 0 Å². The van der Waals surface area contributed by atoms with Crippen molar-refractivity contribution in [3.8, 4) is 0 Å². The smallest absolute Gasteiger partial charge is 0.306 e. The van der Waals surface area contributed by atoms with Crippen molar-refractivity contribution in [2.45, 2.75) is 270 Å². The monoisotopic (exact) mass is 890 g/mol. The lowest BCUT2D eigenvalue weighted by molar-refractivity contribution is -0.889. The molecule has 0 aliphatic carbocycles. The van der Waals surface area contributed by atoms with Crippen LogP contribution in [0.3, 0.4) is 0 Å². The number of hydrogen-bond acceptors (Lipinski definition) is 7. The van der Waals surface area contributed by atoms with Crippen molar-refractivity contribution in [1.29, 1.82) is 0 Å². The summed E-state index contributed by atoms with van der Waals surface area (Å²) in [7, 11) is 5.42. The maximum Gasteiger partial charge on any atom is 0.306 e. The summed E-state index contributed by atoms with van der Waals surface area (Å²) in [6.45, 7) is 4.68. The van der Waals surface area contributed by atoms with Crippen LogP contribution in [0.4, 0.5) is 0 Å². The van der Waals surface area contributed by atoms with E-state index in [-0.39, 0.29) is 42.7 Å². The Morgan fingerprint density at radius 2 is 0.841 bits per heavy atom. The van der Waals surface area contributed by atoms with Gasteiger partial charge in [0.05, 0.1) is 40.3 Å². The Labute approximate surface area is 390 Å². The van der Waals surface area contributed by atoms with E-state index in [9.17, 15) is 19.5 Å². The average molecular weight is 890 g/mol. The first-order valence-electron chi connectivity index (χ1n) is 26.9. The van der Waals surface area contributed by atoms with Crippen LogP contribution in [0.5, 0.6) is 0 Å². The Kier molecular flexibility index (Phi) is 44.7. The lowest BCUT2D eigenvalue weighted by Crippen LogP contribution is -2.55. The average Bonchev–Trinajstić information content (AvgIpc) is 3.24. The number of nitrogens with zero attached hydrogens (tertiary/aromatic N) is 1. The molecule has 8 nitrogen and oxygen atoms in total. The molecule has 0 radical (unpaired) electrons. The molecule has 0 amide bonds. The van der Waals surface area contributed by atoms with Gasteiger partial charge in [0.15, 0.2) is 6.10 Å². The first kappa shape index (κ1) is 60.8. The summed E-state index contributed by atoms with van der Waals surface area (Å²) in [6.07, 6.45) is 53.5. The van der Waals surface area contributed by atoms with Crippen molar-refractivity contribution in [3.63, 3.8) is 0 Å². The van der Waals surface area contributed by atoms with Crippen LogP contribution in [0.1, 0.15) is 258 Å². The molecule has 0 fully saturated rings. The summed E-state index contributed by atoms with van der Waals surface area (Å²) < 4.78 is 17.3. The quantitative estimate of drug-likeness (QED) is 0.0259. The number of aliphatic carboxylic acids is 1. The second kappa shape index (κ2) is 46.3. The Balaban J connectivity index is 4.17. The van der Waals surface area contributed by atoms with Crippen LogP contribution in [0, 0.1) is 0 Å². The topological polar surface area (TPSA) is 102 Å². The molecule has 370 valence electrons. The molecule has 2 unspecified atom stereocenters. The summed E-state index contributed by atoms with van der Waals surface area (Å²) in [4.78, 5) is 37.1. The molecular weight excluding hydrogens is 787 g/mol. The van der Waals surface area contributed by atoms with Gasteiger partial charge in [0.2, 0.25) is 0 Å². The number of likely N-dealkylation sites (N-methyl/N-ethyl adjacent to an activating group) is 1. The zero-order chi connectivity index (χ0) is 46.3. The maximum absolute atomic E-state index is 12.8. The van der Waals surface area contributed by atoms with Crippen molar-refractivity contribution in [2.75, 3.05) is 41.0 Å². The predicted molar refractivity (Wildman–Crippen MR) is 264 cm³/mol. The van der Waals surface area contributed by atoms with E-state index in [1.54, 1.807) is 0 Å². The summed E-state index contributed by atoms with van der Waals surface area (Å²) in [6, 6.07) is -0.725. The molecule has 0 aromatic heterocycles. The van der Waals surface area contributed by atoms with Gasteiger partial charge in [-0.05, 0) is 44.9 Å². The number of carbonyl (C=O) groups excluding carboxylic acids is 3. The molecule has 0 spiro atoms.